The lowest BCUT2D eigenvalue weighted by atomic mass is 10.3. The molecule has 4 heterocycles. The minimum absolute atomic E-state index is 0.185. The van der Waals surface area contributed by atoms with E-state index >= 15 is 0 Å². The number of nitrogens with two attached hydrogens (primary N) is 1. The Kier molecular flexibility index (Phi) is 1.64. The highest BCUT2D eigenvalue weighted by Gasteiger charge is 2.48. The number of hydrogen-bond acceptors (Lipinski definition) is 4. The summed E-state index contributed by atoms with van der Waals surface area (Å²) in [5.41, 5.74) is 5.30. The molecular weight excluding hydrogens is 182 g/mol. The highest BCUT2D eigenvalue weighted by Crippen LogP contribution is 2.27. The van der Waals surface area contributed by atoms with Crippen LogP contribution in [0.3, 0.4) is 0 Å². The summed E-state index contributed by atoms with van der Waals surface area (Å²) in [5, 5.41) is 0. The largest absolute Gasteiger partial charge is 0.365 e. The van der Waals surface area contributed by atoms with E-state index in [9.17, 15) is 4.79 Å². The highest BCUT2D eigenvalue weighted by atomic mass is 16.1. The van der Waals surface area contributed by atoms with Crippen LogP contribution in [0.5, 0.6) is 0 Å². The zero-order valence-electron chi connectivity index (χ0n) is 8.22. The first kappa shape index (κ1) is 8.60. The summed E-state index contributed by atoms with van der Waals surface area (Å²) in [4.78, 5) is 18.2. The van der Waals surface area contributed by atoms with E-state index in [2.05, 4.69) is 14.7 Å². The average Bonchev–Trinajstić information content (AvgIpc) is 1.96. The second-order valence-corrected chi connectivity index (χ2v) is 4.83. The maximum atomic E-state index is 11.0. The molecule has 4 saturated heterocycles. The molecule has 4 aliphatic heterocycles. The van der Waals surface area contributed by atoms with Crippen LogP contribution in [-0.4, -0.2) is 71.6 Å². The van der Waals surface area contributed by atoms with Crippen LogP contribution in [0.1, 0.15) is 0 Å². The molecule has 4 aliphatic rings. The Labute approximate surface area is 83.0 Å². The van der Waals surface area contributed by atoms with Crippen molar-refractivity contribution in [3.8, 4) is 0 Å². The molecule has 6 nitrogen and oxygen atoms in total. The first-order valence-corrected chi connectivity index (χ1v) is 4.96. The van der Waals surface area contributed by atoms with Gasteiger partial charge >= 0.3 is 0 Å². The molecule has 78 valence electrons. The van der Waals surface area contributed by atoms with Gasteiger partial charge in [0.05, 0.1) is 20.0 Å². The third-order valence-corrected chi connectivity index (χ3v) is 3.19. The zero-order valence-corrected chi connectivity index (χ0v) is 8.22. The summed E-state index contributed by atoms with van der Waals surface area (Å²) in [6.45, 7) is 6.57. The predicted molar refractivity (Wildman–Crippen MR) is 49.0 cm³/mol. The fraction of sp³-hybridized carbons (Fsp3) is 0.875. The van der Waals surface area contributed by atoms with Gasteiger partial charge in [-0.3, -0.25) is 9.28 Å². The Balaban J connectivity index is 1.83. The van der Waals surface area contributed by atoms with Gasteiger partial charge in [-0.1, -0.05) is 0 Å². The number of carbonyl (C=O) groups is 1. The third-order valence-electron chi connectivity index (χ3n) is 3.19. The second-order valence-electron chi connectivity index (χ2n) is 4.83. The van der Waals surface area contributed by atoms with E-state index in [0.29, 0.717) is 6.54 Å². The number of quaternary nitrogens is 1. The van der Waals surface area contributed by atoms with Gasteiger partial charge in [-0.2, -0.15) is 0 Å². The minimum Gasteiger partial charge on any atom is -0.365 e. The Bertz CT molecular complexity index is 244. The van der Waals surface area contributed by atoms with Crippen LogP contribution in [-0.2, 0) is 4.79 Å². The summed E-state index contributed by atoms with van der Waals surface area (Å²) >= 11 is 0. The number of hydrogen-bond donors (Lipinski definition) is 1. The van der Waals surface area contributed by atoms with Crippen molar-refractivity contribution in [2.24, 2.45) is 5.73 Å². The molecule has 6 heteroatoms. The quantitative estimate of drug-likeness (QED) is 0.520. The molecule has 0 spiro atoms. The molecule has 2 N–H and O–H groups in total. The number of rotatable bonds is 2. The smallest absolute Gasteiger partial charge is 0.272 e. The summed E-state index contributed by atoms with van der Waals surface area (Å²) in [6.07, 6.45) is 0. The molecule has 4 rings (SSSR count). The van der Waals surface area contributed by atoms with Crippen LogP contribution < -0.4 is 5.73 Å². The molecule has 4 bridgehead atoms. The first-order chi connectivity index (χ1) is 6.65. The number of nitrogens with zero attached hydrogens (tertiary/aromatic N) is 4. The van der Waals surface area contributed by atoms with Crippen molar-refractivity contribution in [3.05, 3.63) is 0 Å². The van der Waals surface area contributed by atoms with Gasteiger partial charge in [0.15, 0.2) is 6.54 Å². The molecule has 1 amide bonds. The van der Waals surface area contributed by atoms with Crippen LogP contribution >= 0.6 is 0 Å². The van der Waals surface area contributed by atoms with E-state index in [0.717, 1.165) is 44.5 Å². The predicted octanol–water partition coefficient (Wildman–Crippen LogP) is -2.02. The molecule has 0 radical (unpaired) electrons. The van der Waals surface area contributed by atoms with E-state index in [1.165, 1.54) is 0 Å². The van der Waals surface area contributed by atoms with Crippen molar-refractivity contribution in [1.82, 2.24) is 14.7 Å². The molecule has 0 aromatic rings. The van der Waals surface area contributed by atoms with Crippen LogP contribution in [0.25, 0.3) is 0 Å². The van der Waals surface area contributed by atoms with Crippen molar-refractivity contribution in [2.75, 3.05) is 46.6 Å². The van der Waals surface area contributed by atoms with Crippen molar-refractivity contribution in [3.63, 3.8) is 0 Å². The molecule has 4 fully saturated rings. The zero-order chi connectivity index (χ0) is 9.76. The third kappa shape index (κ3) is 1.23. The Morgan fingerprint density at radius 3 is 1.86 bits per heavy atom. The minimum atomic E-state index is -0.185. The molecular formula is C8H16N5O+. The van der Waals surface area contributed by atoms with Gasteiger partial charge in [-0.15, -0.1) is 0 Å². The number of amides is 1. The second kappa shape index (κ2) is 2.66. The summed E-state index contributed by atoms with van der Waals surface area (Å²) in [7, 11) is 0. The molecule has 14 heavy (non-hydrogen) atoms. The summed E-state index contributed by atoms with van der Waals surface area (Å²) in [5.74, 6) is -0.185. The van der Waals surface area contributed by atoms with Gasteiger partial charge in [-0.25, -0.2) is 14.7 Å². The molecule has 0 aromatic carbocycles. The van der Waals surface area contributed by atoms with Crippen LogP contribution in [0.2, 0.25) is 0 Å². The van der Waals surface area contributed by atoms with E-state index < -0.39 is 0 Å². The van der Waals surface area contributed by atoms with Crippen LogP contribution in [0.4, 0.5) is 0 Å². The fourth-order valence-corrected chi connectivity index (χ4v) is 3.14. The maximum Gasteiger partial charge on any atom is 0.272 e. The summed E-state index contributed by atoms with van der Waals surface area (Å²) < 4.78 is 0.815. The van der Waals surface area contributed by atoms with E-state index in [4.69, 9.17) is 5.73 Å². The van der Waals surface area contributed by atoms with E-state index in [-0.39, 0.29) is 5.91 Å². The highest BCUT2D eigenvalue weighted by molar-refractivity contribution is 5.74. The van der Waals surface area contributed by atoms with Gasteiger partial charge in [-0.05, 0) is 0 Å². The number of primary amides is 1. The van der Waals surface area contributed by atoms with Gasteiger partial charge < -0.3 is 5.73 Å². The topological polar surface area (TPSA) is 52.8 Å². The summed E-state index contributed by atoms with van der Waals surface area (Å²) in [6, 6.07) is 0. The fourth-order valence-electron chi connectivity index (χ4n) is 3.14. The van der Waals surface area contributed by atoms with Crippen molar-refractivity contribution >= 4 is 5.91 Å². The van der Waals surface area contributed by atoms with Crippen molar-refractivity contribution in [1.29, 1.82) is 0 Å². The van der Waals surface area contributed by atoms with Crippen LogP contribution in [0, 0.1) is 0 Å². The first-order valence-electron chi connectivity index (χ1n) is 4.96. The lowest BCUT2D eigenvalue weighted by Gasteiger charge is -2.60. The molecule has 0 saturated carbocycles. The van der Waals surface area contributed by atoms with Gasteiger partial charge in [0, 0.05) is 0 Å². The SMILES string of the molecule is NC(=O)C[N+]12CN3CN(CN(C3)C1)C2. The standard InChI is InChI=1S/C8H15N5O/c9-8(14)1-13-5-10-2-11(6-13)4-12(3-10)7-13/h1-7H2,(H-,9,14)/p+1. The molecule has 0 aliphatic carbocycles. The van der Waals surface area contributed by atoms with Gasteiger partial charge in [0.1, 0.15) is 20.0 Å². The van der Waals surface area contributed by atoms with E-state index in [1.54, 1.807) is 0 Å². The van der Waals surface area contributed by atoms with Crippen molar-refractivity contribution < 1.29 is 9.28 Å². The number of carbonyl (C=O) groups excluding carboxylic acids is 1. The molecule has 0 aromatic heterocycles. The monoisotopic (exact) mass is 198 g/mol. The normalized spacial score (nSPS) is 49.6. The molecule has 0 unspecified atom stereocenters. The van der Waals surface area contributed by atoms with Gasteiger partial charge in [0.25, 0.3) is 5.91 Å². The lowest BCUT2D eigenvalue weighted by Crippen LogP contribution is -2.80. The van der Waals surface area contributed by atoms with E-state index in [1.807, 2.05) is 0 Å². The van der Waals surface area contributed by atoms with Gasteiger partial charge in [0.2, 0.25) is 0 Å². The average molecular weight is 198 g/mol. The molecule has 0 atom stereocenters. The van der Waals surface area contributed by atoms with Crippen LogP contribution in [0.15, 0.2) is 0 Å². The Hall–Kier alpha value is -0.690. The Morgan fingerprint density at radius 1 is 1.07 bits per heavy atom. The Morgan fingerprint density at radius 2 is 1.50 bits per heavy atom. The maximum absolute atomic E-state index is 11.0. The lowest BCUT2D eigenvalue weighted by molar-refractivity contribution is -0.973. The van der Waals surface area contributed by atoms with Crippen molar-refractivity contribution in [2.45, 2.75) is 0 Å².